The molecule has 1 aliphatic rings. The van der Waals surface area contributed by atoms with Gasteiger partial charge < -0.3 is 5.32 Å². The minimum atomic E-state index is 0.0118. The zero-order chi connectivity index (χ0) is 12.7. The van der Waals surface area contributed by atoms with Crippen LogP contribution in [0, 0.1) is 0 Å². The van der Waals surface area contributed by atoms with Crippen molar-refractivity contribution in [3.8, 4) is 0 Å². The predicted molar refractivity (Wildman–Crippen MR) is 67.6 cm³/mol. The van der Waals surface area contributed by atoms with Crippen molar-refractivity contribution in [2.24, 2.45) is 0 Å². The van der Waals surface area contributed by atoms with Crippen LogP contribution in [-0.4, -0.2) is 35.8 Å². The van der Waals surface area contributed by atoms with Gasteiger partial charge >= 0.3 is 0 Å². The molecule has 0 aromatic rings. The molecule has 0 radical (unpaired) electrons. The first-order valence-electron chi connectivity index (χ1n) is 6.75. The maximum Gasteiger partial charge on any atom is 0.229 e. The van der Waals surface area contributed by atoms with Gasteiger partial charge in [0.1, 0.15) is 0 Å². The van der Waals surface area contributed by atoms with Gasteiger partial charge in [-0.15, -0.1) is 0 Å². The summed E-state index contributed by atoms with van der Waals surface area (Å²) in [5.41, 5.74) is 0. The van der Waals surface area contributed by atoms with Crippen LogP contribution < -0.4 is 5.32 Å². The topological polar surface area (TPSA) is 49.4 Å². The highest BCUT2D eigenvalue weighted by Gasteiger charge is 2.25. The molecular formula is C13H24N2O2. The third-order valence-electron chi connectivity index (χ3n) is 3.30. The molecule has 1 rings (SSSR count). The largest absolute Gasteiger partial charge is 0.314 e. The fourth-order valence-corrected chi connectivity index (χ4v) is 2.28. The molecule has 0 spiro atoms. The van der Waals surface area contributed by atoms with Crippen molar-refractivity contribution < 1.29 is 9.59 Å². The summed E-state index contributed by atoms with van der Waals surface area (Å²) >= 11 is 0. The number of carbonyl (C=O) groups excluding carboxylic acids is 2. The highest BCUT2D eigenvalue weighted by atomic mass is 16.2. The average Bonchev–Trinajstić information content (AvgIpc) is 2.31. The second-order valence-corrected chi connectivity index (χ2v) is 4.60. The smallest absolute Gasteiger partial charge is 0.229 e. The fourth-order valence-electron chi connectivity index (χ4n) is 2.28. The maximum atomic E-state index is 11.6. The molecule has 2 amide bonds. The van der Waals surface area contributed by atoms with Gasteiger partial charge in [-0.05, 0) is 32.2 Å². The number of rotatable bonds is 7. The lowest BCUT2D eigenvalue weighted by Crippen LogP contribution is -2.41. The number of hydrogen-bond acceptors (Lipinski definition) is 3. The van der Waals surface area contributed by atoms with Gasteiger partial charge in [-0.25, -0.2) is 0 Å². The number of carbonyl (C=O) groups is 2. The van der Waals surface area contributed by atoms with Crippen molar-refractivity contribution in [2.75, 3.05) is 13.1 Å². The normalized spacial score (nSPS) is 18.6. The van der Waals surface area contributed by atoms with Crippen LogP contribution >= 0.6 is 0 Å². The Kier molecular flexibility index (Phi) is 6.19. The van der Waals surface area contributed by atoms with E-state index in [1.54, 1.807) is 0 Å². The van der Waals surface area contributed by atoms with Gasteiger partial charge in [0.05, 0.1) is 0 Å². The van der Waals surface area contributed by atoms with Crippen molar-refractivity contribution in [2.45, 2.75) is 58.4 Å². The van der Waals surface area contributed by atoms with Crippen molar-refractivity contribution in [3.05, 3.63) is 0 Å². The molecule has 1 fully saturated rings. The minimum absolute atomic E-state index is 0.0118. The molecule has 0 bridgehead atoms. The second kappa shape index (κ2) is 7.43. The Morgan fingerprint density at radius 2 is 1.88 bits per heavy atom. The van der Waals surface area contributed by atoms with E-state index in [2.05, 4.69) is 19.2 Å². The summed E-state index contributed by atoms with van der Waals surface area (Å²) in [6.07, 6.45) is 4.83. The van der Waals surface area contributed by atoms with Crippen LogP contribution in [0.15, 0.2) is 0 Å². The molecule has 0 aromatic heterocycles. The molecule has 1 heterocycles. The van der Waals surface area contributed by atoms with Gasteiger partial charge in [0, 0.05) is 25.4 Å². The van der Waals surface area contributed by atoms with Crippen molar-refractivity contribution in [3.63, 3.8) is 0 Å². The Bertz CT molecular complexity index is 250. The SMILES string of the molecule is CCNC(CC)CCCN1C(=O)CCCC1=O. The van der Waals surface area contributed by atoms with E-state index in [9.17, 15) is 9.59 Å². The highest BCUT2D eigenvalue weighted by molar-refractivity contribution is 5.97. The van der Waals surface area contributed by atoms with E-state index >= 15 is 0 Å². The first-order chi connectivity index (χ1) is 8.19. The highest BCUT2D eigenvalue weighted by Crippen LogP contribution is 2.13. The summed E-state index contributed by atoms with van der Waals surface area (Å²) < 4.78 is 0. The lowest BCUT2D eigenvalue weighted by atomic mass is 10.1. The van der Waals surface area contributed by atoms with Gasteiger partial charge in [0.15, 0.2) is 0 Å². The first-order valence-corrected chi connectivity index (χ1v) is 6.75. The van der Waals surface area contributed by atoms with Gasteiger partial charge in [-0.3, -0.25) is 14.5 Å². The number of imide groups is 1. The number of likely N-dealkylation sites (tertiary alicyclic amines) is 1. The molecule has 1 saturated heterocycles. The molecule has 4 nitrogen and oxygen atoms in total. The third-order valence-corrected chi connectivity index (χ3v) is 3.30. The minimum Gasteiger partial charge on any atom is -0.314 e. The van der Waals surface area contributed by atoms with E-state index in [0.717, 1.165) is 32.2 Å². The standard InChI is InChI=1S/C13H24N2O2/c1-3-11(14-4-2)7-6-10-15-12(16)8-5-9-13(15)17/h11,14H,3-10H2,1-2H3. The van der Waals surface area contributed by atoms with E-state index < -0.39 is 0 Å². The Morgan fingerprint density at radius 3 is 2.41 bits per heavy atom. The molecule has 1 atom stereocenters. The van der Waals surface area contributed by atoms with Crippen molar-refractivity contribution >= 4 is 11.8 Å². The van der Waals surface area contributed by atoms with Gasteiger partial charge in [-0.1, -0.05) is 13.8 Å². The number of hydrogen-bond donors (Lipinski definition) is 1. The van der Waals surface area contributed by atoms with Crippen molar-refractivity contribution in [1.29, 1.82) is 0 Å². The van der Waals surface area contributed by atoms with Gasteiger partial charge in [0.25, 0.3) is 0 Å². The quantitative estimate of drug-likeness (QED) is 0.689. The lowest BCUT2D eigenvalue weighted by molar-refractivity contribution is -0.148. The summed E-state index contributed by atoms with van der Waals surface area (Å²) in [5.74, 6) is 0.0236. The predicted octanol–water partition coefficient (Wildman–Crippen LogP) is 1.69. The molecule has 0 aromatic carbocycles. The van der Waals surface area contributed by atoms with Crippen LogP contribution in [0.1, 0.15) is 52.4 Å². The van der Waals surface area contributed by atoms with Crippen LogP contribution in [-0.2, 0) is 9.59 Å². The Hall–Kier alpha value is -0.900. The monoisotopic (exact) mass is 240 g/mol. The van der Waals surface area contributed by atoms with E-state index in [1.807, 2.05) is 0 Å². The van der Waals surface area contributed by atoms with Gasteiger partial charge in [-0.2, -0.15) is 0 Å². The lowest BCUT2D eigenvalue weighted by Gasteiger charge is -2.25. The van der Waals surface area contributed by atoms with E-state index in [4.69, 9.17) is 0 Å². The molecule has 98 valence electrons. The average molecular weight is 240 g/mol. The fraction of sp³-hybridized carbons (Fsp3) is 0.846. The molecule has 1 aliphatic heterocycles. The van der Waals surface area contributed by atoms with E-state index in [-0.39, 0.29) is 11.8 Å². The van der Waals surface area contributed by atoms with E-state index in [1.165, 1.54) is 4.90 Å². The van der Waals surface area contributed by atoms with Crippen LogP contribution in [0.2, 0.25) is 0 Å². The molecule has 17 heavy (non-hydrogen) atoms. The number of piperidine rings is 1. The first kappa shape index (κ1) is 14.2. The summed E-state index contributed by atoms with van der Waals surface area (Å²) in [5, 5.41) is 3.40. The van der Waals surface area contributed by atoms with Crippen LogP contribution in [0.5, 0.6) is 0 Å². The number of nitrogens with zero attached hydrogens (tertiary/aromatic N) is 1. The summed E-state index contributed by atoms with van der Waals surface area (Å²) in [6, 6.07) is 0.509. The van der Waals surface area contributed by atoms with E-state index in [0.29, 0.717) is 25.4 Å². The second-order valence-electron chi connectivity index (χ2n) is 4.60. The van der Waals surface area contributed by atoms with Gasteiger partial charge in [0.2, 0.25) is 11.8 Å². The molecule has 0 aliphatic carbocycles. The molecular weight excluding hydrogens is 216 g/mol. The summed E-state index contributed by atoms with van der Waals surface area (Å²) in [4.78, 5) is 24.6. The number of amides is 2. The summed E-state index contributed by atoms with van der Waals surface area (Å²) in [6.45, 7) is 5.82. The molecule has 0 saturated carbocycles. The maximum absolute atomic E-state index is 11.6. The molecule has 1 N–H and O–H groups in total. The van der Waals surface area contributed by atoms with Crippen LogP contribution in [0.4, 0.5) is 0 Å². The zero-order valence-electron chi connectivity index (χ0n) is 11.0. The third kappa shape index (κ3) is 4.46. The Morgan fingerprint density at radius 1 is 1.24 bits per heavy atom. The Balaban J connectivity index is 2.29. The number of nitrogens with one attached hydrogen (secondary N) is 1. The van der Waals surface area contributed by atoms with Crippen LogP contribution in [0.25, 0.3) is 0 Å². The van der Waals surface area contributed by atoms with Crippen molar-refractivity contribution in [1.82, 2.24) is 10.2 Å². The van der Waals surface area contributed by atoms with Crippen LogP contribution in [0.3, 0.4) is 0 Å². The molecule has 4 heteroatoms. The summed E-state index contributed by atoms with van der Waals surface area (Å²) in [7, 11) is 0. The molecule has 1 unspecified atom stereocenters. The Labute approximate surface area is 104 Å². The zero-order valence-corrected chi connectivity index (χ0v) is 11.0.